The largest absolute Gasteiger partial charge is 0.371 e. The second kappa shape index (κ2) is 4.85. The first kappa shape index (κ1) is 12.7. The molecule has 1 N–H and O–H groups in total. The summed E-state index contributed by atoms with van der Waals surface area (Å²) in [6.07, 6.45) is 2.65. The Morgan fingerprint density at radius 1 is 0.727 bits per heavy atom. The van der Waals surface area contributed by atoms with Crippen molar-refractivity contribution in [3.05, 3.63) is 36.4 Å². The van der Waals surface area contributed by atoms with Gasteiger partial charge in [0.1, 0.15) is 0 Å². The van der Waals surface area contributed by atoms with E-state index in [1.54, 1.807) is 0 Å². The number of nitrogens with one attached hydrogen (secondary N) is 1. The number of hydrogen-bond donors (Lipinski definition) is 1. The Bertz CT molecular complexity index is 674. The second-order valence-corrected chi connectivity index (χ2v) is 7.35. The van der Waals surface area contributed by atoms with Crippen LogP contribution < -0.4 is 15.1 Å². The average molecular weight is 309 g/mol. The van der Waals surface area contributed by atoms with Crippen molar-refractivity contribution in [2.45, 2.75) is 22.6 Å². The third kappa shape index (κ3) is 1.97. The minimum Gasteiger partial charge on any atom is -0.371 e. The van der Waals surface area contributed by atoms with E-state index in [1.807, 2.05) is 11.8 Å². The number of rotatable bonds is 2. The van der Waals surface area contributed by atoms with Crippen LogP contribution in [-0.4, -0.2) is 26.2 Å². The number of hydrogen-bond acceptors (Lipinski definition) is 4. The van der Waals surface area contributed by atoms with Crippen LogP contribution in [0.3, 0.4) is 0 Å². The van der Waals surface area contributed by atoms with Crippen molar-refractivity contribution in [1.29, 1.82) is 0 Å². The van der Waals surface area contributed by atoms with Crippen molar-refractivity contribution in [2.75, 3.05) is 41.3 Å². The maximum absolute atomic E-state index is 3.59. The van der Waals surface area contributed by atoms with Crippen molar-refractivity contribution in [2.24, 2.45) is 0 Å². The zero-order valence-electron chi connectivity index (χ0n) is 12.5. The van der Waals surface area contributed by atoms with Crippen molar-refractivity contribution in [3.8, 4) is 0 Å². The normalized spacial score (nSPS) is 18.7. The fourth-order valence-corrected chi connectivity index (χ4v) is 4.26. The number of nitrogens with zero attached hydrogens (tertiary/aromatic N) is 2. The zero-order chi connectivity index (χ0) is 14.5. The fourth-order valence-electron chi connectivity index (χ4n) is 3.20. The third-order valence-electron chi connectivity index (χ3n) is 4.86. The van der Waals surface area contributed by atoms with E-state index in [0.29, 0.717) is 0 Å². The highest BCUT2D eigenvalue weighted by Crippen LogP contribution is 2.47. The third-order valence-corrected chi connectivity index (χ3v) is 5.98. The molecule has 22 heavy (non-hydrogen) atoms. The van der Waals surface area contributed by atoms with Gasteiger partial charge in [-0.05, 0) is 49.2 Å². The van der Waals surface area contributed by atoms with Gasteiger partial charge in [-0.2, -0.15) is 0 Å². The summed E-state index contributed by atoms with van der Waals surface area (Å²) in [7, 11) is 0. The van der Waals surface area contributed by atoms with E-state index in [1.165, 1.54) is 71.6 Å². The lowest BCUT2D eigenvalue weighted by Gasteiger charge is -2.35. The summed E-state index contributed by atoms with van der Waals surface area (Å²) in [6.45, 7) is 4.80. The molecule has 4 heteroatoms. The van der Waals surface area contributed by atoms with Gasteiger partial charge in [-0.3, -0.25) is 0 Å². The highest BCUT2D eigenvalue weighted by molar-refractivity contribution is 7.99. The van der Waals surface area contributed by atoms with Gasteiger partial charge in [0.2, 0.25) is 0 Å². The Balaban J connectivity index is 1.47. The van der Waals surface area contributed by atoms with Gasteiger partial charge in [0.05, 0.1) is 11.4 Å². The smallest absolute Gasteiger partial charge is 0.0527 e. The van der Waals surface area contributed by atoms with Crippen molar-refractivity contribution in [3.63, 3.8) is 0 Å². The molecule has 0 atom stereocenters. The SMILES string of the molecule is c1cc2c(cc1N1CCC1)Sc1cc(N3CCC3)ccc1N2. The lowest BCUT2D eigenvalue weighted by atomic mass is 10.1. The second-order valence-electron chi connectivity index (χ2n) is 6.27. The summed E-state index contributed by atoms with van der Waals surface area (Å²) >= 11 is 1.90. The molecular weight excluding hydrogens is 290 g/mol. The first-order valence-electron chi connectivity index (χ1n) is 8.10. The van der Waals surface area contributed by atoms with Crippen LogP contribution >= 0.6 is 11.8 Å². The monoisotopic (exact) mass is 309 g/mol. The van der Waals surface area contributed by atoms with Crippen molar-refractivity contribution < 1.29 is 0 Å². The molecule has 0 aromatic heterocycles. The lowest BCUT2D eigenvalue weighted by Crippen LogP contribution is -2.37. The molecule has 3 heterocycles. The molecule has 0 spiro atoms. The molecule has 3 nitrogen and oxygen atoms in total. The molecule has 2 aromatic carbocycles. The standard InChI is InChI=1S/C18H19N3S/c1-7-20(8-1)13-3-5-15-17(11-13)22-18-12-14(21-9-2-10-21)4-6-16(18)19-15/h3-6,11-12,19H,1-2,7-10H2. The highest BCUT2D eigenvalue weighted by Gasteiger charge is 2.21. The van der Waals surface area contributed by atoms with Crippen LogP contribution in [0.15, 0.2) is 46.2 Å². The first-order valence-corrected chi connectivity index (χ1v) is 8.91. The molecule has 2 aromatic rings. The van der Waals surface area contributed by atoms with Crippen LogP contribution in [0.25, 0.3) is 0 Å². The van der Waals surface area contributed by atoms with E-state index >= 15 is 0 Å². The highest BCUT2D eigenvalue weighted by atomic mass is 32.2. The van der Waals surface area contributed by atoms with Gasteiger partial charge >= 0.3 is 0 Å². The van der Waals surface area contributed by atoms with Crippen LogP contribution in [0.1, 0.15) is 12.8 Å². The molecule has 0 bridgehead atoms. The summed E-state index contributed by atoms with van der Waals surface area (Å²) in [5.41, 5.74) is 5.19. The Kier molecular flexibility index (Phi) is 2.80. The predicted molar refractivity (Wildman–Crippen MR) is 93.9 cm³/mol. The predicted octanol–water partition coefficient (Wildman–Crippen LogP) is 4.32. The average Bonchev–Trinajstić information content (AvgIpc) is 2.41. The topological polar surface area (TPSA) is 18.5 Å². The summed E-state index contributed by atoms with van der Waals surface area (Å²) in [6, 6.07) is 13.6. The van der Waals surface area contributed by atoms with E-state index in [-0.39, 0.29) is 0 Å². The molecule has 3 aliphatic rings. The van der Waals surface area contributed by atoms with Gasteiger partial charge < -0.3 is 15.1 Å². The minimum absolute atomic E-state index is 1.20. The molecule has 112 valence electrons. The minimum atomic E-state index is 1.20. The molecule has 0 unspecified atom stereocenters. The zero-order valence-corrected chi connectivity index (χ0v) is 13.3. The van der Waals surface area contributed by atoms with Gasteiger partial charge in [0.25, 0.3) is 0 Å². The van der Waals surface area contributed by atoms with E-state index in [9.17, 15) is 0 Å². The van der Waals surface area contributed by atoms with Gasteiger partial charge in [-0.25, -0.2) is 0 Å². The van der Waals surface area contributed by atoms with Crippen molar-refractivity contribution >= 4 is 34.5 Å². The first-order chi connectivity index (χ1) is 10.9. The van der Waals surface area contributed by atoms with Gasteiger partial charge in [0.15, 0.2) is 0 Å². The van der Waals surface area contributed by atoms with E-state index in [2.05, 4.69) is 51.5 Å². The molecule has 2 saturated heterocycles. The van der Waals surface area contributed by atoms with Gasteiger partial charge in [-0.1, -0.05) is 11.8 Å². The summed E-state index contributed by atoms with van der Waals surface area (Å²) in [4.78, 5) is 7.59. The van der Waals surface area contributed by atoms with Gasteiger partial charge in [-0.15, -0.1) is 0 Å². The van der Waals surface area contributed by atoms with Crippen LogP contribution in [0.5, 0.6) is 0 Å². The Labute approximate surface area is 135 Å². The number of anilines is 4. The van der Waals surface area contributed by atoms with Crippen LogP contribution in [0.4, 0.5) is 22.7 Å². The molecule has 0 aliphatic carbocycles. The maximum Gasteiger partial charge on any atom is 0.0527 e. The Hall–Kier alpha value is -1.81. The van der Waals surface area contributed by atoms with Crippen LogP contribution in [0, 0.1) is 0 Å². The summed E-state index contributed by atoms with van der Waals surface area (Å²) in [5, 5.41) is 3.59. The molecule has 5 rings (SSSR count). The molecule has 3 aliphatic heterocycles. The van der Waals surface area contributed by atoms with E-state index in [4.69, 9.17) is 0 Å². The summed E-state index contributed by atoms with van der Waals surface area (Å²) in [5.74, 6) is 0. The van der Waals surface area contributed by atoms with Crippen molar-refractivity contribution in [1.82, 2.24) is 0 Å². The number of fused-ring (bicyclic) bond motifs is 2. The molecule has 2 fully saturated rings. The molecule has 0 saturated carbocycles. The van der Waals surface area contributed by atoms with Gasteiger partial charge in [0, 0.05) is 47.3 Å². The molecule has 0 radical (unpaired) electrons. The van der Waals surface area contributed by atoms with Crippen LogP contribution in [-0.2, 0) is 0 Å². The molecular formula is C18H19N3S. The maximum atomic E-state index is 3.59. The molecule has 0 amide bonds. The fraction of sp³-hybridized carbons (Fsp3) is 0.333. The quantitative estimate of drug-likeness (QED) is 0.760. The van der Waals surface area contributed by atoms with E-state index in [0.717, 1.165) is 0 Å². The number of benzene rings is 2. The van der Waals surface area contributed by atoms with Crippen LogP contribution in [0.2, 0.25) is 0 Å². The Morgan fingerprint density at radius 2 is 1.23 bits per heavy atom. The lowest BCUT2D eigenvalue weighted by molar-refractivity contribution is 0.617. The Morgan fingerprint density at radius 3 is 1.64 bits per heavy atom. The van der Waals surface area contributed by atoms with E-state index < -0.39 is 0 Å². The summed E-state index contributed by atoms with van der Waals surface area (Å²) < 4.78 is 0.